The van der Waals surface area contributed by atoms with Crippen molar-refractivity contribution in [3.05, 3.63) is 11.8 Å². The molecule has 0 spiro atoms. The molecule has 0 heterocycles. The second kappa shape index (κ2) is 4.96. The quantitative estimate of drug-likeness (QED) is 0.602. The van der Waals surface area contributed by atoms with E-state index in [1.165, 1.54) is 6.42 Å². The maximum atomic E-state index is 10.3. The number of carbonyl (C=O) groups is 1. The van der Waals surface area contributed by atoms with Crippen LogP contribution in [0.4, 0.5) is 0 Å². The van der Waals surface area contributed by atoms with E-state index >= 15 is 0 Å². The molecule has 0 amide bonds. The van der Waals surface area contributed by atoms with Gasteiger partial charge < -0.3 is 9.53 Å². The number of aldehydes is 1. The van der Waals surface area contributed by atoms with Gasteiger partial charge in [-0.25, -0.2) is 0 Å². The summed E-state index contributed by atoms with van der Waals surface area (Å²) in [6.07, 6.45) is 7.13. The molecule has 0 aromatic heterocycles. The molecule has 0 fully saturated rings. The SMILES string of the molecule is CCOC1=CCCCC1CC=O. The van der Waals surface area contributed by atoms with Crippen LogP contribution in [0.5, 0.6) is 0 Å². The molecule has 0 bridgehead atoms. The molecule has 0 radical (unpaired) electrons. The second-order valence-corrected chi connectivity index (χ2v) is 3.07. The summed E-state index contributed by atoms with van der Waals surface area (Å²) < 4.78 is 5.45. The van der Waals surface area contributed by atoms with Crippen LogP contribution in [0.3, 0.4) is 0 Å². The van der Waals surface area contributed by atoms with Crippen LogP contribution in [-0.4, -0.2) is 12.9 Å². The van der Waals surface area contributed by atoms with Gasteiger partial charge in [-0.1, -0.05) is 0 Å². The van der Waals surface area contributed by atoms with Crippen LogP contribution in [0.2, 0.25) is 0 Å². The van der Waals surface area contributed by atoms with E-state index in [1.807, 2.05) is 6.92 Å². The van der Waals surface area contributed by atoms with Crippen LogP contribution in [-0.2, 0) is 9.53 Å². The Balaban J connectivity index is 2.51. The molecular formula is C10H16O2. The normalized spacial score (nSPS) is 23.1. The third kappa shape index (κ3) is 2.36. The summed E-state index contributed by atoms with van der Waals surface area (Å²) in [5, 5.41) is 0. The molecule has 1 aliphatic carbocycles. The minimum Gasteiger partial charge on any atom is -0.498 e. The standard InChI is InChI=1S/C10H16O2/c1-2-12-10-6-4-3-5-9(10)7-8-11/h6,8-9H,2-5,7H2,1H3. The maximum absolute atomic E-state index is 10.3. The van der Waals surface area contributed by atoms with E-state index in [0.29, 0.717) is 18.9 Å². The van der Waals surface area contributed by atoms with Crippen molar-refractivity contribution >= 4 is 6.29 Å². The summed E-state index contributed by atoms with van der Waals surface area (Å²) in [5.41, 5.74) is 0. The van der Waals surface area contributed by atoms with E-state index in [2.05, 4.69) is 6.08 Å². The summed E-state index contributed by atoms with van der Waals surface area (Å²) in [6, 6.07) is 0. The molecule has 12 heavy (non-hydrogen) atoms. The molecule has 1 atom stereocenters. The molecule has 0 saturated carbocycles. The van der Waals surface area contributed by atoms with Crippen molar-refractivity contribution in [1.82, 2.24) is 0 Å². The number of rotatable bonds is 4. The highest BCUT2D eigenvalue weighted by molar-refractivity contribution is 5.50. The van der Waals surface area contributed by atoms with Crippen molar-refractivity contribution in [2.45, 2.75) is 32.6 Å². The van der Waals surface area contributed by atoms with Gasteiger partial charge in [0.2, 0.25) is 0 Å². The zero-order chi connectivity index (χ0) is 8.81. The Hall–Kier alpha value is -0.790. The zero-order valence-electron chi connectivity index (χ0n) is 7.58. The lowest BCUT2D eigenvalue weighted by atomic mass is 9.91. The van der Waals surface area contributed by atoms with E-state index in [4.69, 9.17) is 4.74 Å². The Kier molecular flexibility index (Phi) is 3.85. The molecule has 68 valence electrons. The minimum absolute atomic E-state index is 0.358. The molecule has 1 aliphatic rings. The fourth-order valence-electron chi connectivity index (χ4n) is 1.61. The first kappa shape index (κ1) is 9.30. The molecular weight excluding hydrogens is 152 g/mol. The highest BCUT2D eigenvalue weighted by Gasteiger charge is 2.17. The molecule has 1 rings (SSSR count). The lowest BCUT2D eigenvalue weighted by Gasteiger charge is -2.22. The number of allylic oxidation sites excluding steroid dienone is 2. The minimum atomic E-state index is 0.358. The monoisotopic (exact) mass is 168 g/mol. The van der Waals surface area contributed by atoms with Crippen LogP contribution < -0.4 is 0 Å². The summed E-state index contributed by atoms with van der Waals surface area (Å²) in [6.45, 7) is 2.69. The van der Waals surface area contributed by atoms with Crippen LogP contribution in [0.25, 0.3) is 0 Å². The van der Waals surface area contributed by atoms with Crippen molar-refractivity contribution in [3.8, 4) is 0 Å². The van der Waals surface area contributed by atoms with Crippen molar-refractivity contribution in [2.24, 2.45) is 5.92 Å². The number of hydrogen-bond acceptors (Lipinski definition) is 2. The van der Waals surface area contributed by atoms with Gasteiger partial charge in [-0.15, -0.1) is 0 Å². The lowest BCUT2D eigenvalue weighted by Crippen LogP contribution is -2.11. The maximum Gasteiger partial charge on any atom is 0.120 e. The van der Waals surface area contributed by atoms with Gasteiger partial charge in [0.1, 0.15) is 6.29 Å². The molecule has 0 aliphatic heterocycles. The predicted molar refractivity (Wildman–Crippen MR) is 47.7 cm³/mol. The summed E-state index contributed by atoms with van der Waals surface area (Å²) in [4.78, 5) is 10.3. The Morgan fingerprint density at radius 3 is 3.25 bits per heavy atom. The fraction of sp³-hybridized carbons (Fsp3) is 0.700. The third-order valence-electron chi connectivity index (χ3n) is 2.20. The topological polar surface area (TPSA) is 26.3 Å². The van der Waals surface area contributed by atoms with Gasteiger partial charge in [-0.05, 0) is 32.3 Å². The van der Waals surface area contributed by atoms with E-state index < -0.39 is 0 Å². The van der Waals surface area contributed by atoms with Gasteiger partial charge in [0, 0.05) is 12.3 Å². The van der Waals surface area contributed by atoms with Crippen LogP contribution in [0.15, 0.2) is 11.8 Å². The van der Waals surface area contributed by atoms with E-state index in [-0.39, 0.29) is 0 Å². The molecule has 2 nitrogen and oxygen atoms in total. The van der Waals surface area contributed by atoms with Crippen molar-refractivity contribution < 1.29 is 9.53 Å². The highest BCUT2D eigenvalue weighted by Crippen LogP contribution is 2.27. The molecule has 2 heteroatoms. The van der Waals surface area contributed by atoms with E-state index in [9.17, 15) is 4.79 Å². The molecule has 0 saturated heterocycles. The fourth-order valence-corrected chi connectivity index (χ4v) is 1.61. The van der Waals surface area contributed by atoms with E-state index in [0.717, 1.165) is 24.9 Å². The van der Waals surface area contributed by atoms with Gasteiger partial charge in [-0.3, -0.25) is 0 Å². The van der Waals surface area contributed by atoms with Gasteiger partial charge in [0.15, 0.2) is 0 Å². The first-order valence-electron chi connectivity index (χ1n) is 4.65. The van der Waals surface area contributed by atoms with Gasteiger partial charge in [-0.2, -0.15) is 0 Å². The zero-order valence-corrected chi connectivity index (χ0v) is 7.58. The summed E-state index contributed by atoms with van der Waals surface area (Å²) in [5.74, 6) is 1.40. The Morgan fingerprint density at radius 2 is 2.58 bits per heavy atom. The average molecular weight is 168 g/mol. The Morgan fingerprint density at radius 1 is 1.75 bits per heavy atom. The smallest absolute Gasteiger partial charge is 0.120 e. The molecule has 0 aromatic carbocycles. The first-order chi connectivity index (χ1) is 5.88. The van der Waals surface area contributed by atoms with Crippen LogP contribution in [0, 0.1) is 5.92 Å². The lowest BCUT2D eigenvalue weighted by molar-refractivity contribution is -0.108. The largest absolute Gasteiger partial charge is 0.498 e. The van der Waals surface area contributed by atoms with Crippen molar-refractivity contribution in [3.63, 3.8) is 0 Å². The van der Waals surface area contributed by atoms with E-state index in [1.54, 1.807) is 0 Å². The highest BCUT2D eigenvalue weighted by atomic mass is 16.5. The third-order valence-corrected chi connectivity index (χ3v) is 2.20. The second-order valence-electron chi connectivity index (χ2n) is 3.07. The first-order valence-corrected chi connectivity index (χ1v) is 4.65. The summed E-state index contributed by atoms with van der Waals surface area (Å²) in [7, 11) is 0. The number of carbonyl (C=O) groups excluding carboxylic acids is 1. The average Bonchev–Trinajstić information content (AvgIpc) is 2.09. The van der Waals surface area contributed by atoms with Crippen molar-refractivity contribution in [1.29, 1.82) is 0 Å². The number of hydrogen-bond donors (Lipinski definition) is 0. The van der Waals surface area contributed by atoms with Gasteiger partial charge in [0.05, 0.1) is 12.4 Å². The molecule has 1 unspecified atom stereocenters. The Labute approximate surface area is 73.6 Å². The van der Waals surface area contributed by atoms with Gasteiger partial charge in [0.25, 0.3) is 0 Å². The van der Waals surface area contributed by atoms with Crippen LogP contribution >= 0.6 is 0 Å². The predicted octanol–water partition coefficient (Wildman–Crippen LogP) is 2.30. The van der Waals surface area contributed by atoms with Gasteiger partial charge >= 0.3 is 0 Å². The van der Waals surface area contributed by atoms with Crippen molar-refractivity contribution in [2.75, 3.05) is 6.61 Å². The van der Waals surface area contributed by atoms with Crippen LogP contribution in [0.1, 0.15) is 32.6 Å². The molecule has 0 N–H and O–H groups in total. The number of ether oxygens (including phenoxy) is 1. The summed E-state index contributed by atoms with van der Waals surface area (Å²) >= 11 is 0. The molecule has 0 aromatic rings. The Bertz CT molecular complexity index is 173.